The Balaban J connectivity index is 1.98. The quantitative estimate of drug-likeness (QED) is 0.590. The molecule has 1 nitrogen and oxygen atoms in total. The van der Waals surface area contributed by atoms with Crippen molar-refractivity contribution in [3.63, 3.8) is 0 Å². The first kappa shape index (κ1) is 6.66. The molecule has 0 heterocycles. The summed E-state index contributed by atoms with van der Waals surface area (Å²) in [5.74, 6) is 1.02. The van der Waals surface area contributed by atoms with Crippen LogP contribution in [0.3, 0.4) is 0 Å². The summed E-state index contributed by atoms with van der Waals surface area (Å²) in [6.45, 7) is 2.33. The van der Waals surface area contributed by atoms with Crippen LogP contribution in [0.1, 0.15) is 39.0 Å². The molecule has 2 aliphatic rings. The number of nitrogens with two attached hydrogens (primary N) is 1. The van der Waals surface area contributed by atoms with Crippen LogP contribution >= 0.6 is 0 Å². The van der Waals surface area contributed by atoms with Gasteiger partial charge in [0.25, 0.3) is 0 Å². The maximum Gasteiger partial charge on any atom is 0.00418 e. The Morgan fingerprint density at radius 3 is 3.00 bits per heavy atom. The standard InChI is InChI=1S/C9H17N/c1-2-9-4-3-8(10)5-7(9)6-9/h7-8H,2-6,10H2,1H3. The van der Waals surface area contributed by atoms with E-state index in [9.17, 15) is 0 Å². The molecule has 0 aromatic heterocycles. The first-order chi connectivity index (χ1) is 4.77. The molecule has 0 bridgehead atoms. The van der Waals surface area contributed by atoms with E-state index in [-0.39, 0.29) is 0 Å². The first-order valence-electron chi connectivity index (χ1n) is 4.52. The molecule has 0 radical (unpaired) electrons. The van der Waals surface area contributed by atoms with Gasteiger partial charge in [-0.25, -0.2) is 0 Å². The van der Waals surface area contributed by atoms with E-state index >= 15 is 0 Å². The molecule has 2 fully saturated rings. The molecule has 0 saturated heterocycles. The monoisotopic (exact) mass is 139 g/mol. The Bertz CT molecular complexity index is 144. The van der Waals surface area contributed by atoms with Crippen LogP contribution in [0.4, 0.5) is 0 Å². The summed E-state index contributed by atoms with van der Waals surface area (Å²) in [7, 11) is 0. The molecule has 2 aliphatic carbocycles. The molecule has 3 unspecified atom stereocenters. The first-order valence-corrected chi connectivity index (χ1v) is 4.52. The summed E-state index contributed by atoms with van der Waals surface area (Å²) in [5, 5.41) is 0. The zero-order chi connectivity index (χ0) is 7.19. The predicted molar refractivity (Wildman–Crippen MR) is 42.7 cm³/mol. The third kappa shape index (κ3) is 0.800. The lowest BCUT2D eigenvalue weighted by Crippen LogP contribution is -2.27. The predicted octanol–water partition coefficient (Wildman–Crippen LogP) is 1.91. The molecule has 10 heavy (non-hydrogen) atoms. The normalized spacial score (nSPS) is 52.2. The molecule has 2 N–H and O–H groups in total. The van der Waals surface area contributed by atoms with Crippen LogP contribution in [0.15, 0.2) is 0 Å². The van der Waals surface area contributed by atoms with Gasteiger partial charge in [0.05, 0.1) is 0 Å². The second kappa shape index (κ2) is 1.97. The van der Waals surface area contributed by atoms with Gasteiger partial charge in [0, 0.05) is 6.04 Å². The highest BCUT2D eigenvalue weighted by atomic mass is 14.7. The molecular formula is C9H17N. The van der Waals surface area contributed by atoms with Crippen molar-refractivity contribution in [1.82, 2.24) is 0 Å². The maximum absolute atomic E-state index is 5.87. The second-order valence-electron chi connectivity index (χ2n) is 4.15. The van der Waals surface area contributed by atoms with Crippen LogP contribution in [0.2, 0.25) is 0 Å². The van der Waals surface area contributed by atoms with E-state index in [1.807, 2.05) is 0 Å². The smallest absolute Gasteiger partial charge is 0.00418 e. The summed E-state index contributed by atoms with van der Waals surface area (Å²) >= 11 is 0. The van der Waals surface area contributed by atoms with Gasteiger partial charge in [-0.05, 0) is 37.0 Å². The Morgan fingerprint density at radius 2 is 2.40 bits per heavy atom. The molecule has 0 aromatic rings. The number of hydrogen-bond acceptors (Lipinski definition) is 1. The molecule has 58 valence electrons. The molecule has 0 amide bonds. The van der Waals surface area contributed by atoms with Crippen molar-refractivity contribution in [2.45, 2.75) is 45.1 Å². The molecule has 3 atom stereocenters. The van der Waals surface area contributed by atoms with Crippen molar-refractivity contribution in [3.8, 4) is 0 Å². The number of rotatable bonds is 1. The number of fused-ring (bicyclic) bond motifs is 1. The van der Waals surface area contributed by atoms with Gasteiger partial charge in [0.2, 0.25) is 0 Å². The van der Waals surface area contributed by atoms with E-state index in [1.165, 1.54) is 32.1 Å². The minimum absolute atomic E-state index is 0.534. The van der Waals surface area contributed by atoms with Crippen molar-refractivity contribution < 1.29 is 0 Å². The molecule has 0 aliphatic heterocycles. The Kier molecular flexibility index (Phi) is 1.31. The molecule has 0 aromatic carbocycles. The summed E-state index contributed by atoms with van der Waals surface area (Å²) in [5.41, 5.74) is 6.65. The van der Waals surface area contributed by atoms with Gasteiger partial charge in [-0.2, -0.15) is 0 Å². The fraction of sp³-hybridized carbons (Fsp3) is 1.00. The molecule has 2 saturated carbocycles. The van der Waals surface area contributed by atoms with E-state index in [0.717, 1.165) is 11.3 Å². The SMILES string of the molecule is CCC12CCC(N)CC1C2. The van der Waals surface area contributed by atoms with Gasteiger partial charge in [-0.1, -0.05) is 13.3 Å². The van der Waals surface area contributed by atoms with E-state index in [1.54, 1.807) is 0 Å². The second-order valence-corrected chi connectivity index (χ2v) is 4.15. The Labute approximate surface area is 63.0 Å². The minimum Gasteiger partial charge on any atom is -0.328 e. The van der Waals surface area contributed by atoms with E-state index in [2.05, 4.69) is 6.92 Å². The highest BCUT2D eigenvalue weighted by Crippen LogP contribution is 2.62. The van der Waals surface area contributed by atoms with Crippen LogP contribution in [-0.4, -0.2) is 6.04 Å². The van der Waals surface area contributed by atoms with Gasteiger partial charge in [-0.15, -0.1) is 0 Å². The molecule has 2 rings (SSSR count). The molecule has 1 heteroatoms. The van der Waals surface area contributed by atoms with Crippen molar-refractivity contribution in [3.05, 3.63) is 0 Å². The lowest BCUT2D eigenvalue weighted by Gasteiger charge is -2.24. The van der Waals surface area contributed by atoms with Gasteiger partial charge >= 0.3 is 0 Å². The van der Waals surface area contributed by atoms with Gasteiger partial charge < -0.3 is 5.73 Å². The van der Waals surface area contributed by atoms with Crippen LogP contribution in [0.25, 0.3) is 0 Å². The lowest BCUT2D eigenvalue weighted by atomic mass is 9.84. The summed E-state index contributed by atoms with van der Waals surface area (Å²) < 4.78 is 0. The summed E-state index contributed by atoms with van der Waals surface area (Å²) in [6.07, 6.45) is 6.88. The fourth-order valence-corrected chi connectivity index (χ4v) is 2.64. The van der Waals surface area contributed by atoms with E-state index < -0.39 is 0 Å². The van der Waals surface area contributed by atoms with Crippen molar-refractivity contribution in [2.24, 2.45) is 17.1 Å². The number of hydrogen-bond donors (Lipinski definition) is 1. The van der Waals surface area contributed by atoms with Crippen LogP contribution in [0, 0.1) is 11.3 Å². The lowest BCUT2D eigenvalue weighted by molar-refractivity contribution is 0.301. The minimum atomic E-state index is 0.534. The van der Waals surface area contributed by atoms with Crippen molar-refractivity contribution >= 4 is 0 Å². The molecule has 0 spiro atoms. The Morgan fingerprint density at radius 1 is 1.60 bits per heavy atom. The molecular weight excluding hydrogens is 122 g/mol. The average Bonchev–Trinajstić information content (AvgIpc) is 2.62. The van der Waals surface area contributed by atoms with Crippen LogP contribution in [0.5, 0.6) is 0 Å². The summed E-state index contributed by atoms with van der Waals surface area (Å²) in [6, 6.07) is 0.534. The maximum atomic E-state index is 5.87. The van der Waals surface area contributed by atoms with Crippen molar-refractivity contribution in [1.29, 1.82) is 0 Å². The summed E-state index contributed by atoms with van der Waals surface area (Å²) in [4.78, 5) is 0. The van der Waals surface area contributed by atoms with Crippen molar-refractivity contribution in [2.75, 3.05) is 0 Å². The fourth-order valence-electron chi connectivity index (χ4n) is 2.64. The average molecular weight is 139 g/mol. The van der Waals surface area contributed by atoms with Gasteiger partial charge in [0.1, 0.15) is 0 Å². The van der Waals surface area contributed by atoms with Gasteiger partial charge in [-0.3, -0.25) is 0 Å². The highest BCUT2D eigenvalue weighted by Gasteiger charge is 2.54. The largest absolute Gasteiger partial charge is 0.328 e. The van der Waals surface area contributed by atoms with E-state index in [0.29, 0.717) is 6.04 Å². The topological polar surface area (TPSA) is 26.0 Å². The third-order valence-corrected chi connectivity index (χ3v) is 3.66. The van der Waals surface area contributed by atoms with Gasteiger partial charge in [0.15, 0.2) is 0 Å². The van der Waals surface area contributed by atoms with Crippen LogP contribution in [-0.2, 0) is 0 Å². The van der Waals surface area contributed by atoms with Crippen LogP contribution < -0.4 is 5.73 Å². The third-order valence-electron chi connectivity index (χ3n) is 3.66. The Hall–Kier alpha value is -0.0400. The van der Waals surface area contributed by atoms with E-state index in [4.69, 9.17) is 5.73 Å². The highest BCUT2D eigenvalue weighted by molar-refractivity contribution is 5.05. The zero-order valence-electron chi connectivity index (χ0n) is 6.77. The zero-order valence-corrected chi connectivity index (χ0v) is 6.77.